The number of rotatable bonds is 6. The summed E-state index contributed by atoms with van der Waals surface area (Å²) in [4.78, 5) is 2.13. The number of nitrogens with zero attached hydrogens (tertiary/aromatic N) is 1. The lowest BCUT2D eigenvalue weighted by atomic mass is 10.2. The van der Waals surface area contributed by atoms with Gasteiger partial charge in [0.25, 0.3) is 0 Å². The standard InChI is InChI=1S/C13H21ClN2O/c1-10-8-12(4-5-13(10)14)17-9-11(6-7-15)16(2)3/h4-5,8,11H,6-7,9,15H2,1-3H3. The molecule has 0 saturated carbocycles. The molecule has 0 aliphatic rings. The van der Waals surface area contributed by atoms with E-state index in [2.05, 4.69) is 4.90 Å². The first-order chi connectivity index (χ1) is 8.04. The molecule has 96 valence electrons. The van der Waals surface area contributed by atoms with E-state index in [4.69, 9.17) is 22.1 Å². The Bertz CT molecular complexity index is 355. The first-order valence-corrected chi connectivity index (χ1v) is 6.18. The van der Waals surface area contributed by atoms with Gasteiger partial charge in [0.2, 0.25) is 0 Å². The summed E-state index contributed by atoms with van der Waals surface area (Å²) in [5.41, 5.74) is 6.61. The van der Waals surface area contributed by atoms with Crippen LogP contribution in [0.25, 0.3) is 0 Å². The Morgan fingerprint density at radius 3 is 2.65 bits per heavy atom. The second kappa shape index (κ2) is 6.84. The van der Waals surface area contributed by atoms with Crippen LogP contribution in [0.2, 0.25) is 5.02 Å². The molecule has 17 heavy (non-hydrogen) atoms. The van der Waals surface area contributed by atoms with Crippen LogP contribution in [0.1, 0.15) is 12.0 Å². The highest BCUT2D eigenvalue weighted by atomic mass is 35.5. The lowest BCUT2D eigenvalue weighted by Crippen LogP contribution is -2.35. The molecule has 4 heteroatoms. The van der Waals surface area contributed by atoms with Gasteiger partial charge >= 0.3 is 0 Å². The van der Waals surface area contributed by atoms with E-state index in [1.54, 1.807) is 0 Å². The highest BCUT2D eigenvalue weighted by Gasteiger charge is 2.11. The summed E-state index contributed by atoms with van der Waals surface area (Å²) in [5, 5.41) is 0.767. The molecule has 0 amide bonds. The second-order valence-electron chi connectivity index (χ2n) is 4.42. The molecular weight excluding hydrogens is 236 g/mol. The molecule has 1 unspecified atom stereocenters. The van der Waals surface area contributed by atoms with Crippen molar-refractivity contribution in [3.05, 3.63) is 28.8 Å². The molecule has 0 bridgehead atoms. The third kappa shape index (κ3) is 4.54. The molecule has 0 heterocycles. The molecule has 0 fully saturated rings. The fourth-order valence-corrected chi connectivity index (χ4v) is 1.70. The van der Waals surface area contributed by atoms with E-state index in [0.717, 1.165) is 22.8 Å². The maximum absolute atomic E-state index is 5.96. The minimum Gasteiger partial charge on any atom is -0.492 e. The van der Waals surface area contributed by atoms with Crippen LogP contribution in [0.4, 0.5) is 0 Å². The number of likely N-dealkylation sites (N-methyl/N-ethyl adjacent to an activating group) is 1. The Balaban J connectivity index is 2.56. The van der Waals surface area contributed by atoms with E-state index >= 15 is 0 Å². The summed E-state index contributed by atoms with van der Waals surface area (Å²) in [6, 6.07) is 6.05. The summed E-state index contributed by atoms with van der Waals surface area (Å²) >= 11 is 5.96. The van der Waals surface area contributed by atoms with Crippen molar-refractivity contribution in [1.82, 2.24) is 4.90 Å². The number of halogens is 1. The van der Waals surface area contributed by atoms with Crippen molar-refractivity contribution in [3.63, 3.8) is 0 Å². The average molecular weight is 257 g/mol. The van der Waals surface area contributed by atoms with E-state index in [-0.39, 0.29) is 0 Å². The zero-order valence-electron chi connectivity index (χ0n) is 10.7. The molecule has 0 radical (unpaired) electrons. The van der Waals surface area contributed by atoms with E-state index < -0.39 is 0 Å². The maximum Gasteiger partial charge on any atom is 0.119 e. The van der Waals surface area contributed by atoms with E-state index in [1.807, 2.05) is 39.2 Å². The molecule has 2 N–H and O–H groups in total. The summed E-state index contributed by atoms with van der Waals surface area (Å²) in [6.07, 6.45) is 0.930. The van der Waals surface area contributed by atoms with Crippen molar-refractivity contribution < 1.29 is 4.74 Å². The second-order valence-corrected chi connectivity index (χ2v) is 4.82. The summed E-state index contributed by atoms with van der Waals surface area (Å²) < 4.78 is 5.76. The maximum atomic E-state index is 5.96. The summed E-state index contributed by atoms with van der Waals surface area (Å²) in [5.74, 6) is 0.857. The van der Waals surface area contributed by atoms with Crippen molar-refractivity contribution in [3.8, 4) is 5.75 Å². The van der Waals surface area contributed by atoms with Gasteiger partial charge in [0, 0.05) is 11.1 Å². The SMILES string of the molecule is Cc1cc(OCC(CCN)N(C)C)ccc1Cl. The highest BCUT2D eigenvalue weighted by molar-refractivity contribution is 6.31. The summed E-state index contributed by atoms with van der Waals surface area (Å²) in [7, 11) is 4.08. The Morgan fingerprint density at radius 1 is 1.41 bits per heavy atom. The normalized spacial score (nSPS) is 12.8. The lowest BCUT2D eigenvalue weighted by molar-refractivity contribution is 0.179. The van der Waals surface area contributed by atoms with Crippen LogP contribution in [-0.4, -0.2) is 38.2 Å². The first kappa shape index (κ1) is 14.3. The van der Waals surface area contributed by atoms with Crippen LogP contribution in [0, 0.1) is 6.92 Å². The van der Waals surface area contributed by atoms with Gasteiger partial charge in [-0.3, -0.25) is 0 Å². The molecule has 0 saturated heterocycles. The third-order valence-corrected chi connectivity index (χ3v) is 3.23. The van der Waals surface area contributed by atoms with Crippen molar-refractivity contribution in [2.75, 3.05) is 27.2 Å². The number of hydrogen-bond donors (Lipinski definition) is 1. The zero-order chi connectivity index (χ0) is 12.8. The molecule has 0 aromatic heterocycles. The monoisotopic (exact) mass is 256 g/mol. The largest absolute Gasteiger partial charge is 0.492 e. The molecule has 1 rings (SSSR count). The predicted octanol–water partition coefficient (Wildman–Crippen LogP) is 2.31. The zero-order valence-corrected chi connectivity index (χ0v) is 11.5. The average Bonchev–Trinajstić information content (AvgIpc) is 2.28. The van der Waals surface area contributed by atoms with E-state index in [9.17, 15) is 0 Å². The van der Waals surface area contributed by atoms with E-state index in [0.29, 0.717) is 19.2 Å². The van der Waals surface area contributed by atoms with Gasteiger partial charge in [0.1, 0.15) is 12.4 Å². The predicted molar refractivity (Wildman–Crippen MR) is 72.8 cm³/mol. The Labute approximate surface area is 109 Å². The Morgan fingerprint density at radius 2 is 2.12 bits per heavy atom. The van der Waals surface area contributed by atoms with Crippen molar-refractivity contribution in [2.24, 2.45) is 5.73 Å². The van der Waals surface area contributed by atoms with Gasteiger partial charge in [-0.05, 0) is 57.7 Å². The lowest BCUT2D eigenvalue weighted by Gasteiger charge is -2.23. The van der Waals surface area contributed by atoms with Crippen molar-refractivity contribution in [2.45, 2.75) is 19.4 Å². The quantitative estimate of drug-likeness (QED) is 0.849. The first-order valence-electron chi connectivity index (χ1n) is 5.80. The number of ether oxygens (including phenoxy) is 1. The van der Waals surface area contributed by atoms with Gasteiger partial charge < -0.3 is 15.4 Å². The molecule has 1 atom stereocenters. The van der Waals surface area contributed by atoms with Crippen LogP contribution in [0.5, 0.6) is 5.75 Å². The topological polar surface area (TPSA) is 38.5 Å². The number of hydrogen-bond acceptors (Lipinski definition) is 3. The van der Waals surface area contributed by atoms with Crippen LogP contribution < -0.4 is 10.5 Å². The summed E-state index contributed by atoms with van der Waals surface area (Å²) in [6.45, 7) is 3.29. The number of aryl methyl sites for hydroxylation is 1. The molecule has 3 nitrogen and oxygen atoms in total. The fourth-order valence-electron chi connectivity index (χ4n) is 1.58. The third-order valence-electron chi connectivity index (χ3n) is 2.80. The highest BCUT2D eigenvalue weighted by Crippen LogP contribution is 2.21. The molecule has 1 aromatic rings. The van der Waals surface area contributed by atoms with Crippen LogP contribution in [-0.2, 0) is 0 Å². The van der Waals surface area contributed by atoms with Gasteiger partial charge in [-0.15, -0.1) is 0 Å². The van der Waals surface area contributed by atoms with Gasteiger partial charge in [-0.1, -0.05) is 11.6 Å². The Hall–Kier alpha value is -0.770. The number of benzene rings is 1. The molecule has 0 spiro atoms. The minimum absolute atomic E-state index is 0.344. The smallest absolute Gasteiger partial charge is 0.119 e. The van der Waals surface area contributed by atoms with Crippen LogP contribution >= 0.6 is 11.6 Å². The fraction of sp³-hybridized carbons (Fsp3) is 0.538. The van der Waals surface area contributed by atoms with Crippen molar-refractivity contribution >= 4 is 11.6 Å². The number of nitrogens with two attached hydrogens (primary N) is 1. The molecular formula is C13H21ClN2O. The van der Waals surface area contributed by atoms with Gasteiger partial charge in [-0.2, -0.15) is 0 Å². The molecule has 0 aliphatic carbocycles. The Kier molecular flexibility index (Phi) is 5.75. The van der Waals surface area contributed by atoms with Gasteiger partial charge in [0.05, 0.1) is 0 Å². The van der Waals surface area contributed by atoms with Crippen LogP contribution in [0.15, 0.2) is 18.2 Å². The molecule has 1 aromatic carbocycles. The minimum atomic E-state index is 0.344. The van der Waals surface area contributed by atoms with Crippen LogP contribution in [0.3, 0.4) is 0 Å². The van der Waals surface area contributed by atoms with E-state index in [1.165, 1.54) is 0 Å². The molecule has 0 aliphatic heterocycles. The van der Waals surface area contributed by atoms with Crippen molar-refractivity contribution in [1.29, 1.82) is 0 Å². The van der Waals surface area contributed by atoms with Gasteiger partial charge in [-0.25, -0.2) is 0 Å². The van der Waals surface area contributed by atoms with Gasteiger partial charge in [0.15, 0.2) is 0 Å².